The van der Waals surface area contributed by atoms with E-state index in [4.69, 9.17) is 5.32 Å². The van der Waals surface area contributed by atoms with Crippen molar-refractivity contribution in [2.75, 3.05) is 0 Å². The largest absolute Gasteiger partial charge is 0.679 e. The summed E-state index contributed by atoms with van der Waals surface area (Å²) >= 11 is 0. The number of nitrogens with zero attached hydrogens (tertiary/aromatic N) is 3. The predicted octanol–water partition coefficient (Wildman–Crippen LogP) is 9.77. The Kier molecular flexibility index (Phi) is 16.1. The van der Waals surface area contributed by atoms with E-state index in [2.05, 4.69) is 72.6 Å². The average Bonchev–Trinajstić information content (AvgIpc) is 3.17. The van der Waals surface area contributed by atoms with Gasteiger partial charge in [-0.25, -0.2) is 0 Å². The molecule has 0 amide bonds. The van der Waals surface area contributed by atoms with Gasteiger partial charge < -0.3 is 5.32 Å². The van der Waals surface area contributed by atoms with Gasteiger partial charge in [0, 0.05) is 44.3 Å². The van der Waals surface area contributed by atoms with Crippen LogP contribution >= 0.6 is 0 Å². The molecule has 5 rings (SSSR count). The van der Waals surface area contributed by atoms with Gasteiger partial charge in [0.25, 0.3) is 0 Å². The van der Waals surface area contributed by atoms with Gasteiger partial charge in [0.05, 0.1) is 0 Å². The monoisotopic (exact) mass is 709 g/mol. The van der Waals surface area contributed by atoms with Crippen molar-refractivity contribution in [1.82, 2.24) is 9.78 Å². The fourth-order valence-electron chi connectivity index (χ4n) is 3.94. The minimum atomic E-state index is 0. The fraction of sp³-hybridized carbons (Fsp3) is 0.189. The average molecular weight is 708 g/mol. The number of benzene rings is 4. The van der Waals surface area contributed by atoms with Crippen molar-refractivity contribution in [3.63, 3.8) is 0 Å². The first-order valence-electron chi connectivity index (χ1n) is 13.4. The standard InChI is InChI=1S/C16H22N3.3C7H7.Hf/c1-10-7-11(2)16(12(3)8-10)17-9-15-13(4)14(5)19(6)18-15;3*1-7-5-3-2-4-6-7;/h7-8H,9H2,1-6H3;3*2-6H,1H2;/q4*-1;. The first-order chi connectivity index (χ1) is 19.1. The van der Waals surface area contributed by atoms with Crippen LogP contribution in [0.4, 0.5) is 5.69 Å². The Bertz CT molecular complexity index is 1300. The number of aromatic nitrogens is 2. The summed E-state index contributed by atoms with van der Waals surface area (Å²) in [6, 6.07) is 34.0. The zero-order valence-corrected chi connectivity index (χ0v) is 29.1. The van der Waals surface area contributed by atoms with Gasteiger partial charge >= 0.3 is 0 Å². The smallest absolute Gasteiger partial charge is 0.0481 e. The summed E-state index contributed by atoms with van der Waals surface area (Å²) in [4.78, 5) is 0. The molecule has 0 aliphatic rings. The Labute approximate surface area is 267 Å². The molecule has 0 N–H and O–H groups in total. The Morgan fingerprint density at radius 1 is 0.634 bits per heavy atom. The van der Waals surface area contributed by atoms with Crippen LogP contribution in [-0.2, 0) is 39.4 Å². The van der Waals surface area contributed by atoms with E-state index in [0.717, 1.165) is 28.1 Å². The van der Waals surface area contributed by atoms with Crippen molar-refractivity contribution in [3.8, 4) is 0 Å². The second-order valence-electron chi connectivity index (χ2n) is 9.80. The van der Waals surface area contributed by atoms with Crippen LogP contribution in [0.3, 0.4) is 0 Å². The maximum Gasteiger partial charge on any atom is 0.0481 e. The molecule has 4 aromatic carbocycles. The number of hydrogen-bond donors (Lipinski definition) is 0. The molecule has 4 heteroatoms. The second kappa shape index (κ2) is 18.7. The van der Waals surface area contributed by atoms with Crippen LogP contribution in [0.2, 0.25) is 0 Å². The van der Waals surface area contributed by atoms with E-state index in [1.807, 2.05) is 103 Å². The van der Waals surface area contributed by atoms with Crippen LogP contribution in [0, 0.1) is 55.4 Å². The van der Waals surface area contributed by atoms with Gasteiger partial charge in [-0.1, -0.05) is 53.6 Å². The minimum absolute atomic E-state index is 0. The molecule has 214 valence electrons. The maximum absolute atomic E-state index is 4.76. The quantitative estimate of drug-likeness (QED) is 0.136. The Hall–Kier alpha value is -3.63. The van der Waals surface area contributed by atoms with Gasteiger partial charge in [-0.3, -0.25) is 4.68 Å². The summed E-state index contributed by atoms with van der Waals surface area (Å²) in [5, 5.41) is 9.28. The number of aryl methyl sites for hydroxylation is 4. The first-order valence-corrected chi connectivity index (χ1v) is 13.4. The number of rotatable bonds is 3. The minimum Gasteiger partial charge on any atom is -0.679 e. The zero-order valence-electron chi connectivity index (χ0n) is 25.5. The second-order valence-corrected chi connectivity index (χ2v) is 9.80. The van der Waals surface area contributed by atoms with E-state index in [0.29, 0.717) is 6.54 Å². The third-order valence-electron chi connectivity index (χ3n) is 6.28. The Morgan fingerprint density at radius 2 is 1.00 bits per heavy atom. The molecule has 0 saturated heterocycles. The van der Waals surface area contributed by atoms with Crippen LogP contribution in [-0.4, -0.2) is 9.78 Å². The molecule has 1 heterocycles. The van der Waals surface area contributed by atoms with E-state index in [9.17, 15) is 0 Å². The van der Waals surface area contributed by atoms with E-state index >= 15 is 0 Å². The summed E-state index contributed by atoms with van der Waals surface area (Å²) < 4.78 is 1.93. The van der Waals surface area contributed by atoms with Crippen molar-refractivity contribution >= 4 is 5.69 Å². The van der Waals surface area contributed by atoms with Gasteiger partial charge in [0.15, 0.2) is 0 Å². The zero-order chi connectivity index (χ0) is 29.5. The maximum atomic E-state index is 4.76. The first kappa shape index (κ1) is 35.4. The summed E-state index contributed by atoms with van der Waals surface area (Å²) in [6.45, 7) is 22.4. The van der Waals surface area contributed by atoms with Crippen LogP contribution in [0.25, 0.3) is 5.32 Å². The van der Waals surface area contributed by atoms with Crippen molar-refractivity contribution in [2.24, 2.45) is 7.05 Å². The third-order valence-corrected chi connectivity index (χ3v) is 6.28. The SMILES string of the molecule is Cc1cc(C)c([N-]Cc2nn(C)c(C)c2C)c(C)c1.[CH2-]c1ccccc1.[CH2-]c1ccccc1.[CH2-]c1ccccc1.[Hf]. The molecule has 0 saturated carbocycles. The predicted molar refractivity (Wildman–Crippen MR) is 173 cm³/mol. The molecule has 0 aliphatic heterocycles. The molecular weight excluding hydrogens is 665 g/mol. The molecule has 5 aromatic rings. The molecule has 0 unspecified atom stereocenters. The molecule has 1 aromatic heterocycles. The Balaban J connectivity index is 0.000000313. The Morgan fingerprint density at radius 3 is 1.27 bits per heavy atom. The van der Waals surface area contributed by atoms with Crippen molar-refractivity contribution in [3.05, 3.63) is 180 Å². The molecule has 3 nitrogen and oxygen atoms in total. The van der Waals surface area contributed by atoms with E-state index in [1.165, 1.54) is 27.9 Å². The molecule has 0 atom stereocenters. The summed E-state index contributed by atoms with van der Waals surface area (Å²) in [6.07, 6.45) is 0. The van der Waals surface area contributed by atoms with Crippen molar-refractivity contribution < 1.29 is 25.8 Å². The van der Waals surface area contributed by atoms with Gasteiger partial charge in [-0.15, -0.1) is 42.1 Å². The number of hydrogen-bond acceptors (Lipinski definition) is 1. The third kappa shape index (κ3) is 13.1. The van der Waals surface area contributed by atoms with Crippen molar-refractivity contribution in [1.29, 1.82) is 0 Å². The summed E-state index contributed by atoms with van der Waals surface area (Å²) in [5.41, 5.74) is 11.6. The van der Waals surface area contributed by atoms with Crippen LogP contribution in [0.1, 0.15) is 50.3 Å². The molecular formula is C37H43HfN3-4. The van der Waals surface area contributed by atoms with Gasteiger partial charge in [0.2, 0.25) is 0 Å². The molecule has 0 fully saturated rings. The summed E-state index contributed by atoms with van der Waals surface area (Å²) in [7, 11) is 1.98. The fourth-order valence-corrected chi connectivity index (χ4v) is 3.94. The van der Waals surface area contributed by atoms with Gasteiger partial charge in [-0.05, 0) is 40.2 Å². The van der Waals surface area contributed by atoms with E-state index in [1.54, 1.807) is 0 Å². The molecule has 0 spiro atoms. The summed E-state index contributed by atoms with van der Waals surface area (Å²) in [5.74, 6) is 0. The van der Waals surface area contributed by atoms with Gasteiger partial charge in [-0.2, -0.15) is 79.0 Å². The van der Waals surface area contributed by atoms with Crippen molar-refractivity contribution in [2.45, 2.75) is 41.2 Å². The van der Waals surface area contributed by atoms with Gasteiger partial charge in [0.1, 0.15) is 0 Å². The van der Waals surface area contributed by atoms with E-state index < -0.39 is 0 Å². The molecule has 0 radical (unpaired) electrons. The van der Waals surface area contributed by atoms with E-state index in [-0.39, 0.29) is 25.8 Å². The topological polar surface area (TPSA) is 31.9 Å². The van der Waals surface area contributed by atoms with Crippen LogP contribution in [0.5, 0.6) is 0 Å². The van der Waals surface area contributed by atoms with Crippen LogP contribution < -0.4 is 0 Å². The molecule has 0 bridgehead atoms. The molecule has 41 heavy (non-hydrogen) atoms. The molecule has 0 aliphatic carbocycles. The van der Waals surface area contributed by atoms with Crippen LogP contribution in [0.15, 0.2) is 103 Å². The normalized spacial score (nSPS) is 9.41.